The van der Waals surface area contributed by atoms with Crippen LogP contribution in [0.2, 0.25) is 0 Å². The van der Waals surface area contributed by atoms with Gasteiger partial charge >= 0.3 is 0 Å². The Morgan fingerprint density at radius 1 is 1.17 bits per heavy atom. The summed E-state index contributed by atoms with van der Waals surface area (Å²) in [6.45, 7) is 2.08. The topological polar surface area (TPSA) is 46.3 Å². The zero-order valence-corrected chi connectivity index (χ0v) is 13.7. The van der Waals surface area contributed by atoms with Crippen molar-refractivity contribution in [2.75, 3.05) is 13.1 Å². The molecular weight excluding hydrogens is 296 g/mol. The highest BCUT2D eigenvalue weighted by atomic mass is 16.2. The molecule has 0 unspecified atom stereocenters. The minimum Gasteiger partial charge on any atom is -0.339 e. The number of rotatable bonds is 3. The van der Waals surface area contributed by atoms with E-state index in [0.29, 0.717) is 23.6 Å². The fourth-order valence-corrected chi connectivity index (χ4v) is 3.36. The van der Waals surface area contributed by atoms with Crippen LogP contribution in [0.5, 0.6) is 0 Å². The summed E-state index contributed by atoms with van der Waals surface area (Å²) < 4.78 is 0. The normalized spacial score (nSPS) is 15.1. The molecule has 3 nitrogen and oxygen atoms in total. The maximum absolute atomic E-state index is 12.7. The van der Waals surface area contributed by atoms with E-state index in [0.717, 1.165) is 31.5 Å². The summed E-state index contributed by atoms with van der Waals surface area (Å²) in [6.07, 6.45) is 7.45. The first-order valence-electron chi connectivity index (χ1n) is 8.36. The molecule has 1 amide bonds. The molecule has 2 aromatic rings. The van der Waals surface area contributed by atoms with Crippen molar-refractivity contribution < 1.29 is 4.79 Å². The molecule has 1 aliphatic heterocycles. The van der Waals surface area contributed by atoms with Crippen LogP contribution >= 0.6 is 0 Å². The number of carbonyl (C=O) groups excluding carboxylic acids is 1. The largest absolute Gasteiger partial charge is 0.339 e. The third-order valence-corrected chi connectivity index (χ3v) is 4.75. The van der Waals surface area contributed by atoms with E-state index in [9.17, 15) is 4.79 Å². The average molecular weight is 318 g/mol. The maximum Gasteiger partial charge on any atom is 0.255 e. The number of amides is 1. The van der Waals surface area contributed by atoms with Crippen molar-refractivity contribution in [3.05, 3.63) is 70.8 Å². The molecule has 122 valence electrons. The van der Waals surface area contributed by atoms with Crippen molar-refractivity contribution in [3.63, 3.8) is 0 Å². The summed E-state index contributed by atoms with van der Waals surface area (Å²) in [7, 11) is 0. The van der Waals surface area contributed by atoms with Gasteiger partial charge in [-0.15, -0.1) is 6.42 Å². The molecule has 1 heterocycles. The van der Waals surface area contributed by atoms with Crippen molar-refractivity contribution >= 4 is 5.91 Å². The van der Waals surface area contributed by atoms with Gasteiger partial charge in [-0.2, -0.15) is 0 Å². The molecule has 0 spiro atoms. The van der Waals surface area contributed by atoms with Crippen molar-refractivity contribution in [2.24, 2.45) is 5.73 Å². The highest BCUT2D eigenvalue weighted by Gasteiger charge is 2.25. The quantitative estimate of drug-likeness (QED) is 0.884. The number of likely N-dealkylation sites (tertiary alicyclic amines) is 1. The van der Waals surface area contributed by atoms with E-state index in [1.807, 2.05) is 29.2 Å². The van der Waals surface area contributed by atoms with Gasteiger partial charge in [-0.05, 0) is 42.0 Å². The summed E-state index contributed by atoms with van der Waals surface area (Å²) in [5.41, 5.74) is 9.52. The SMILES string of the molecule is C#Cc1ccccc1C(=O)N1CCC(c2cccc(CN)c2)CC1. The molecule has 3 rings (SSSR count). The molecule has 1 aliphatic rings. The van der Waals surface area contributed by atoms with Gasteiger partial charge in [-0.3, -0.25) is 4.79 Å². The number of nitrogens with two attached hydrogens (primary N) is 1. The first kappa shape index (κ1) is 16.3. The zero-order chi connectivity index (χ0) is 16.9. The van der Waals surface area contributed by atoms with E-state index in [1.165, 1.54) is 5.56 Å². The number of nitrogens with zero attached hydrogens (tertiary/aromatic N) is 1. The summed E-state index contributed by atoms with van der Waals surface area (Å²) in [5, 5.41) is 0. The number of benzene rings is 2. The molecule has 2 N–H and O–H groups in total. The van der Waals surface area contributed by atoms with Crippen molar-refractivity contribution in [1.29, 1.82) is 0 Å². The summed E-state index contributed by atoms with van der Waals surface area (Å²) in [5.74, 6) is 3.13. The van der Waals surface area contributed by atoms with Crippen LogP contribution in [-0.2, 0) is 6.54 Å². The van der Waals surface area contributed by atoms with Gasteiger partial charge in [0.25, 0.3) is 5.91 Å². The van der Waals surface area contributed by atoms with Gasteiger partial charge in [0, 0.05) is 25.2 Å². The van der Waals surface area contributed by atoms with Gasteiger partial charge in [0.05, 0.1) is 5.56 Å². The Balaban J connectivity index is 1.68. The second-order valence-electron chi connectivity index (χ2n) is 6.21. The molecule has 24 heavy (non-hydrogen) atoms. The maximum atomic E-state index is 12.7. The number of piperidine rings is 1. The third-order valence-electron chi connectivity index (χ3n) is 4.75. The molecule has 1 saturated heterocycles. The van der Waals surface area contributed by atoms with E-state index in [2.05, 4.69) is 30.2 Å². The van der Waals surface area contributed by atoms with Crippen LogP contribution in [-0.4, -0.2) is 23.9 Å². The second-order valence-corrected chi connectivity index (χ2v) is 6.21. The van der Waals surface area contributed by atoms with E-state index in [1.54, 1.807) is 0 Å². The summed E-state index contributed by atoms with van der Waals surface area (Å²) in [6, 6.07) is 15.8. The highest BCUT2D eigenvalue weighted by Crippen LogP contribution is 2.29. The van der Waals surface area contributed by atoms with Crippen LogP contribution in [0.25, 0.3) is 0 Å². The van der Waals surface area contributed by atoms with Crippen molar-refractivity contribution in [1.82, 2.24) is 4.90 Å². The standard InChI is InChI=1S/C21H22N2O/c1-2-17-7-3-4-9-20(17)21(24)23-12-10-18(11-13-23)19-8-5-6-16(14-19)15-22/h1,3-9,14,18H,10-13,15,22H2. The number of carbonyl (C=O) groups is 1. The van der Waals surface area contributed by atoms with Crippen LogP contribution in [0.15, 0.2) is 48.5 Å². The Labute approximate surface area is 143 Å². The fourth-order valence-electron chi connectivity index (χ4n) is 3.36. The van der Waals surface area contributed by atoms with Gasteiger partial charge in [0.15, 0.2) is 0 Å². The first-order valence-corrected chi connectivity index (χ1v) is 8.36. The molecule has 0 aromatic heterocycles. The first-order chi connectivity index (χ1) is 11.7. The van der Waals surface area contributed by atoms with Crippen LogP contribution in [0, 0.1) is 12.3 Å². The average Bonchev–Trinajstić information content (AvgIpc) is 2.67. The fraction of sp³-hybridized carbons (Fsp3) is 0.286. The van der Waals surface area contributed by atoms with E-state index >= 15 is 0 Å². The monoisotopic (exact) mass is 318 g/mol. The summed E-state index contributed by atoms with van der Waals surface area (Å²) >= 11 is 0. The lowest BCUT2D eigenvalue weighted by Crippen LogP contribution is -2.38. The molecule has 1 fully saturated rings. The Hall–Kier alpha value is -2.57. The third kappa shape index (κ3) is 3.34. The molecular formula is C21H22N2O. The van der Waals surface area contributed by atoms with Crippen LogP contribution in [0.1, 0.15) is 45.8 Å². The predicted molar refractivity (Wildman–Crippen MR) is 96.6 cm³/mol. The van der Waals surface area contributed by atoms with Gasteiger partial charge in [-0.25, -0.2) is 0 Å². The lowest BCUT2D eigenvalue weighted by Gasteiger charge is -2.32. The molecule has 0 aliphatic carbocycles. The van der Waals surface area contributed by atoms with Crippen molar-refractivity contribution in [2.45, 2.75) is 25.3 Å². The van der Waals surface area contributed by atoms with Crippen LogP contribution < -0.4 is 5.73 Å². The van der Waals surface area contributed by atoms with E-state index in [4.69, 9.17) is 12.2 Å². The van der Waals surface area contributed by atoms with E-state index < -0.39 is 0 Å². The lowest BCUT2D eigenvalue weighted by atomic mass is 9.88. The molecule has 0 saturated carbocycles. The molecule has 3 heteroatoms. The Bertz CT molecular complexity index is 767. The van der Waals surface area contributed by atoms with Gasteiger partial charge in [0.2, 0.25) is 0 Å². The number of hydrogen-bond donors (Lipinski definition) is 1. The molecule has 0 bridgehead atoms. The van der Waals surface area contributed by atoms with Crippen LogP contribution in [0.3, 0.4) is 0 Å². The molecule has 0 radical (unpaired) electrons. The molecule has 2 aromatic carbocycles. The van der Waals surface area contributed by atoms with Crippen molar-refractivity contribution in [3.8, 4) is 12.3 Å². The zero-order valence-electron chi connectivity index (χ0n) is 13.7. The minimum absolute atomic E-state index is 0.0395. The minimum atomic E-state index is 0.0395. The highest BCUT2D eigenvalue weighted by molar-refractivity contribution is 5.96. The summed E-state index contributed by atoms with van der Waals surface area (Å²) in [4.78, 5) is 14.7. The van der Waals surface area contributed by atoms with E-state index in [-0.39, 0.29) is 5.91 Å². The number of hydrogen-bond acceptors (Lipinski definition) is 2. The van der Waals surface area contributed by atoms with Crippen LogP contribution in [0.4, 0.5) is 0 Å². The predicted octanol–water partition coefficient (Wildman–Crippen LogP) is 3.15. The molecule has 0 atom stereocenters. The smallest absolute Gasteiger partial charge is 0.255 e. The Morgan fingerprint density at radius 2 is 1.92 bits per heavy atom. The van der Waals surface area contributed by atoms with Gasteiger partial charge < -0.3 is 10.6 Å². The number of terminal acetylenes is 1. The Kier molecular flexibility index (Phi) is 4.98. The Morgan fingerprint density at radius 3 is 2.62 bits per heavy atom. The van der Waals surface area contributed by atoms with Gasteiger partial charge in [0.1, 0.15) is 0 Å². The second kappa shape index (κ2) is 7.33. The lowest BCUT2D eigenvalue weighted by molar-refractivity contribution is 0.0712. The van der Waals surface area contributed by atoms with Gasteiger partial charge in [-0.1, -0.05) is 42.3 Å².